The van der Waals surface area contributed by atoms with Gasteiger partial charge in [0.05, 0.1) is 10.6 Å². The zero-order valence-corrected chi connectivity index (χ0v) is 8.38. The number of aromatic nitrogens is 1. The second-order valence-corrected chi connectivity index (χ2v) is 3.48. The van der Waals surface area contributed by atoms with Crippen molar-refractivity contribution in [1.29, 1.82) is 0 Å². The van der Waals surface area contributed by atoms with Gasteiger partial charge in [-0.3, -0.25) is 4.79 Å². The minimum absolute atomic E-state index is 0.237. The zero-order chi connectivity index (χ0) is 10.8. The van der Waals surface area contributed by atoms with Gasteiger partial charge in [-0.1, -0.05) is 29.8 Å². The molecule has 2 nitrogen and oxygen atoms in total. The fraction of sp³-hybridized carbons (Fsp3) is 0. The molecule has 0 aliphatic rings. The number of rotatable bonds is 1. The van der Waals surface area contributed by atoms with Crippen molar-refractivity contribution in [2.45, 2.75) is 0 Å². The number of benzene rings is 1. The van der Waals surface area contributed by atoms with Gasteiger partial charge in [-0.15, -0.1) is 0 Å². The molecule has 0 bridgehead atoms. The molecule has 1 N–H and O–H groups in total. The second kappa shape index (κ2) is 3.87. The van der Waals surface area contributed by atoms with Crippen molar-refractivity contribution in [2.75, 3.05) is 0 Å². The van der Waals surface area contributed by atoms with E-state index in [0.717, 1.165) is 0 Å². The number of H-pyrrole nitrogens is 1. The Labute approximate surface area is 90.3 Å². The van der Waals surface area contributed by atoms with Crippen LogP contribution >= 0.6 is 11.6 Å². The van der Waals surface area contributed by atoms with Gasteiger partial charge < -0.3 is 4.98 Å². The van der Waals surface area contributed by atoms with Gasteiger partial charge in [-0.2, -0.15) is 0 Å². The summed E-state index contributed by atoms with van der Waals surface area (Å²) in [5.74, 6) is -0.440. The molecule has 0 amide bonds. The number of halogens is 2. The van der Waals surface area contributed by atoms with Crippen LogP contribution in [0.25, 0.3) is 11.1 Å². The molecule has 4 heteroatoms. The van der Waals surface area contributed by atoms with Gasteiger partial charge in [-0.25, -0.2) is 4.39 Å². The Morgan fingerprint density at radius 2 is 1.93 bits per heavy atom. The molecule has 0 aliphatic carbocycles. The maximum absolute atomic E-state index is 13.4. The van der Waals surface area contributed by atoms with Crippen molar-refractivity contribution < 1.29 is 4.39 Å². The average molecular weight is 224 g/mol. The molecule has 0 aliphatic heterocycles. The SMILES string of the molecule is O=c1[nH]cc(Cl)cc1-c1ccccc1F. The molecule has 0 radical (unpaired) electrons. The summed E-state index contributed by atoms with van der Waals surface area (Å²) in [5.41, 5.74) is 0.131. The lowest BCUT2D eigenvalue weighted by molar-refractivity contribution is 0.631. The molecule has 1 aromatic carbocycles. The van der Waals surface area contributed by atoms with E-state index in [2.05, 4.69) is 4.98 Å². The standard InChI is InChI=1S/C11H7ClFNO/c12-7-5-9(11(15)14-6-7)8-3-1-2-4-10(8)13/h1-6H,(H,14,15). The van der Waals surface area contributed by atoms with E-state index in [4.69, 9.17) is 11.6 Å². The summed E-state index contributed by atoms with van der Waals surface area (Å²) in [4.78, 5) is 13.9. The highest BCUT2D eigenvalue weighted by molar-refractivity contribution is 6.30. The van der Waals surface area contributed by atoms with E-state index < -0.39 is 5.82 Å². The lowest BCUT2D eigenvalue weighted by Crippen LogP contribution is -2.08. The van der Waals surface area contributed by atoms with Crippen LogP contribution in [0.1, 0.15) is 0 Å². The highest BCUT2D eigenvalue weighted by Crippen LogP contribution is 2.20. The first-order valence-electron chi connectivity index (χ1n) is 4.31. The average Bonchev–Trinajstić information content (AvgIpc) is 2.23. The maximum atomic E-state index is 13.4. The Morgan fingerprint density at radius 3 is 2.67 bits per heavy atom. The normalized spacial score (nSPS) is 10.3. The maximum Gasteiger partial charge on any atom is 0.256 e. The van der Waals surface area contributed by atoms with Crippen molar-refractivity contribution in [1.82, 2.24) is 4.98 Å². The van der Waals surface area contributed by atoms with E-state index in [1.54, 1.807) is 12.1 Å². The summed E-state index contributed by atoms with van der Waals surface area (Å²) in [5, 5.41) is 0.368. The Morgan fingerprint density at radius 1 is 1.20 bits per heavy atom. The third-order valence-electron chi connectivity index (χ3n) is 2.03. The largest absolute Gasteiger partial charge is 0.327 e. The van der Waals surface area contributed by atoms with Crippen molar-refractivity contribution in [2.24, 2.45) is 0 Å². The number of aromatic amines is 1. The highest BCUT2D eigenvalue weighted by atomic mass is 35.5. The summed E-state index contributed by atoms with van der Waals surface area (Å²) in [6, 6.07) is 7.51. The van der Waals surface area contributed by atoms with E-state index >= 15 is 0 Å². The van der Waals surface area contributed by atoms with Gasteiger partial charge in [0.25, 0.3) is 5.56 Å². The van der Waals surface area contributed by atoms with Crippen molar-refractivity contribution in [3.63, 3.8) is 0 Å². The molecule has 2 rings (SSSR count). The van der Waals surface area contributed by atoms with Crippen LogP contribution in [0.4, 0.5) is 4.39 Å². The summed E-state index contributed by atoms with van der Waals surface area (Å²) < 4.78 is 13.4. The first-order valence-corrected chi connectivity index (χ1v) is 4.69. The van der Waals surface area contributed by atoms with Gasteiger partial charge in [0.15, 0.2) is 0 Å². The smallest absolute Gasteiger partial charge is 0.256 e. The van der Waals surface area contributed by atoms with Gasteiger partial charge in [-0.05, 0) is 12.1 Å². The molecule has 1 aromatic heterocycles. The Kier molecular flexibility index (Phi) is 2.56. The minimum Gasteiger partial charge on any atom is -0.327 e. The first-order chi connectivity index (χ1) is 7.18. The zero-order valence-electron chi connectivity index (χ0n) is 7.63. The molecule has 0 atom stereocenters. The molecule has 15 heavy (non-hydrogen) atoms. The van der Waals surface area contributed by atoms with Crippen LogP contribution in [-0.4, -0.2) is 4.98 Å². The van der Waals surface area contributed by atoms with Gasteiger partial charge >= 0.3 is 0 Å². The molecule has 0 fully saturated rings. The summed E-state index contributed by atoms with van der Waals surface area (Å²) in [6.07, 6.45) is 1.37. The summed E-state index contributed by atoms with van der Waals surface area (Å²) in [7, 11) is 0. The summed E-state index contributed by atoms with van der Waals surface area (Å²) in [6.45, 7) is 0. The number of pyridine rings is 1. The number of hydrogen-bond donors (Lipinski definition) is 1. The fourth-order valence-corrected chi connectivity index (χ4v) is 1.50. The third-order valence-corrected chi connectivity index (χ3v) is 2.25. The van der Waals surface area contributed by atoms with Crippen LogP contribution in [0.5, 0.6) is 0 Å². The lowest BCUT2D eigenvalue weighted by atomic mass is 10.1. The van der Waals surface area contributed by atoms with Gasteiger partial charge in [0.2, 0.25) is 0 Å². The van der Waals surface area contributed by atoms with Crippen LogP contribution in [0.15, 0.2) is 41.3 Å². The quantitative estimate of drug-likeness (QED) is 0.792. The molecule has 76 valence electrons. The topological polar surface area (TPSA) is 32.9 Å². The van der Waals surface area contributed by atoms with E-state index in [1.807, 2.05) is 0 Å². The molecule has 0 saturated carbocycles. The van der Waals surface area contributed by atoms with Crippen LogP contribution in [0, 0.1) is 5.82 Å². The van der Waals surface area contributed by atoms with Crippen molar-refractivity contribution in [3.05, 3.63) is 57.7 Å². The van der Waals surface area contributed by atoms with Crippen molar-refractivity contribution >= 4 is 11.6 Å². The van der Waals surface area contributed by atoms with Crippen LogP contribution in [-0.2, 0) is 0 Å². The molecule has 0 saturated heterocycles. The van der Waals surface area contributed by atoms with E-state index in [-0.39, 0.29) is 16.7 Å². The summed E-state index contributed by atoms with van der Waals surface area (Å²) >= 11 is 5.73. The molecule has 2 aromatic rings. The molecular formula is C11H7ClFNO. The monoisotopic (exact) mass is 223 g/mol. The van der Waals surface area contributed by atoms with Crippen LogP contribution in [0.3, 0.4) is 0 Å². The molecule has 0 unspecified atom stereocenters. The Hall–Kier alpha value is -1.61. The van der Waals surface area contributed by atoms with Crippen LogP contribution in [0.2, 0.25) is 5.02 Å². The third kappa shape index (κ3) is 1.92. The Bertz CT molecular complexity index is 550. The predicted molar refractivity (Wildman–Crippen MR) is 57.5 cm³/mol. The Balaban J connectivity index is 2.69. The van der Waals surface area contributed by atoms with Gasteiger partial charge in [0, 0.05) is 11.8 Å². The lowest BCUT2D eigenvalue weighted by Gasteiger charge is -2.01. The van der Waals surface area contributed by atoms with E-state index in [0.29, 0.717) is 5.02 Å². The predicted octanol–water partition coefficient (Wildman–Crippen LogP) is 2.83. The molecule has 0 spiro atoms. The number of nitrogens with one attached hydrogen (secondary N) is 1. The van der Waals surface area contributed by atoms with E-state index in [9.17, 15) is 9.18 Å². The molecule has 1 heterocycles. The second-order valence-electron chi connectivity index (χ2n) is 3.04. The van der Waals surface area contributed by atoms with Crippen molar-refractivity contribution in [3.8, 4) is 11.1 Å². The fourth-order valence-electron chi connectivity index (χ4n) is 1.34. The molecular weight excluding hydrogens is 217 g/mol. The van der Waals surface area contributed by atoms with Crippen LogP contribution < -0.4 is 5.56 Å². The first kappa shape index (κ1) is 9.93. The van der Waals surface area contributed by atoms with E-state index in [1.165, 1.54) is 24.4 Å². The van der Waals surface area contributed by atoms with Gasteiger partial charge in [0.1, 0.15) is 5.82 Å². The highest BCUT2D eigenvalue weighted by Gasteiger charge is 2.08. The number of hydrogen-bond acceptors (Lipinski definition) is 1. The minimum atomic E-state index is -0.440.